The van der Waals surface area contributed by atoms with E-state index in [-0.39, 0.29) is 22.9 Å². The summed E-state index contributed by atoms with van der Waals surface area (Å²) in [4.78, 5) is 23.0. The van der Waals surface area contributed by atoms with Crippen molar-refractivity contribution in [2.45, 2.75) is 65.9 Å². The van der Waals surface area contributed by atoms with Crippen LogP contribution in [0.2, 0.25) is 0 Å². The van der Waals surface area contributed by atoms with Crippen molar-refractivity contribution >= 4 is 11.8 Å². The standard InChI is InChI=1S/C15H24O3/c1-10(16)18-13-9-14(2,3)8-11-7-12(17)5-6-15(11,13)4/h11,13H,5-9H2,1-4H3/t11-,13+,15-/m1/s1. The van der Waals surface area contributed by atoms with Crippen LogP contribution in [0.25, 0.3) is 0 Å². The maximum Gasteiger partial charge on any atom is 0.302 e. The van der Waals surface area contributed by atoms with Crippen LogP contribution in [-0.2, 0) is 14.3 Å². The average Bonchev–Trinajstić information content (AvgIpc) is 2.20. The van der Waals surface area contributed by atoms with E-state index >= 15 is 0 Å². The van der Waals surface area contributed by atoms with Crippen molar-refractivity contribution in [3.05, 3.63) is 0 Å². The number of esters is 1. The lowest BCUT2D eigenvalue weighted by atomic mass is 9.53. The second-order valence-corrected chi connectivity index (χ2v) is 7.12. The van der Waals surface area contributed by atoms with E-state index in [9.17, 15) is 9.59 Å². The largest absolute Gasteiger partial charge is 0.462 e. The van der Waals surface area contributed by atoms with Crippen molar-refractivity contribution < 1.29 is 14.3 Å². The first-order valence-corrected chi connectivity index (χ1v) is 6.92. The molecule has 2 aliphatic rings. The summed E-state index contributed by atoms with van der Waals surface area (Å²) in [5, 5.41) is 0. The number of carbonyl (C=O) groups excluding carboxylic acids is 2. The molecule has 0 aliphatic heterocycles. The van der Waals surface area contributed by atoms with Crippen molar-refractivity contribution in [3.8, 4) is 0 Å². The van der Waals surface area contributed by atoms with Gasteiger partial charge in [-0.15, -0.1) is 0 Å². The third-order valence-corrected chi connectivity index (χ3v) is 4.93. The Balaban J connectivity index is 2.26. The topological polar surface area (TPSA) is 43.4 Å². The maximum absolute atomic E-state index is 11.7. The Morgan fingerprint density at radius 3 is 2.56 bits per heavy atom. The van der Waals surface area contributed by atoms with E-state index in [2.05, 4.69) is 20.8 Å². The summed E-state index contributed by atoms with van der Waals surface area (Å²) in [5.74, 6) is 0.540. The predicted octanol–water partition coefficient (Wildman–Crippen LogP) is 3.11. The zero-order valence-corrected chi connectivity index (χ0v) is 11.9. The van der Waals surface area contributed by atoms with Gasteiger partial charge in [0, 0.05) is 25.2 Å². The molecule has 0 saturated heterocycles. The van der Waals surface area contributed by atoms with Gasteiger partial charge in [-0.25, -0.2) is 0 Å². The number of carbonyl (C=O) groups is 2. The number of ether oxygens (including phenoxy) is 1. The zero-order chi connectivity index (χ0) is 13.6. The number of fused-ring (bicyclic) bond motifs is 1. The highest BCUT2D eigenvalue weighted by atomic mass is 16.5. The van der Waals surface area contributed by atoms with Crippen molar-refractivity contribution in [2.24, 2.45) is 16.7 Å². The molecule has 0 amide bonds. The van der Waals surface area contributed by atoms with E-state index in [0.29, 0.717) is 24.5 Å². The maximum atomic E-state index is 11.7. The zero-order valence-electron chi connectivity index (χ0n) is 11.9. The molecule has 0 aromatic carbocycles. The molecule has 0 aromatic heterocycles. The van der Waals surface area contributed by atoms with Gasteiger partial charge in [-0.1, -0.05) is 20.8 Å². The van der Waals surface area contributed by atoms with Gasteiger partial charge in [-0.05, 0) is 30.6 Å². The minimum absolute atomic E-state index is 0.00486. The summed E-state index contributed by atoms with van der Waals surface area (Å²) >= 11 is 0. The van der Waals surface area contributed by atoms with Gasteiger partial charge in [0.25, 0.3) is 0 Å². The monoisotopic (exact) mass is 252 g/mol. The van der Waals surface area contributed by atoms with Crippen molar-refractivity contribution in [2.75, 3.05) is 0 Å². The average molecular weight is 252 g/mol. The lowest BCUT2D eigenvalue weighted by Gasteiger charge is -2.53. The Kier molecular flexibility index (Phi) is 3.28. The van der Waals surface area contributed by atoms with Crippen LogP contribution in [0.1, 0.15) is 59.8 Å². The first kappa shape index (κ1) is 13.6. The quantitative estimate of drug-likeness (QED) is 0.673. The fourth-order valence-electron chi connectivity index (χ4n) is 3.81. The van der Waals surface area contributed by atoms with E-state index in [0.717, 1.165) is 19.3 Å². The number of Topliss-reactive ketones (excluding diaryl/α,β-unsaturated/α-hetero) is 1. The first-order chi connectivity index (χ1) is 8.23. The fraction of sp³-hybridized carbons (Fsp3) is 0.867. The van der Waals surface area contributed by atoms with Crippen LogP contribution < -0.4 is 0 Å². The van der Waals surface area contributed by atoms with Crippen LogP contribution in [0.4, 0.5) is 0 Å². The van der Waals surface area contributed by atoms with E-state index < -0.39 is 0 Å². The van der Waals surface area contributed by atoms with Gasteiger partial charge in [0.2, 0.25) is 0 Å². The highest BCUT2D eigenvalue weighted by molar-refractivity contribution is 5.79. The third-order valence-electron chi connectivity index (χ3n) is 4.93. The number of hydrogen-bond acceptors (Lipinski definition) is 3. The van der Waals surface area contributed by atoms with Gasteiger partial charge in [0.15, 0.2) is 0 Å². The summed E-state index contributed by atoms with van der Waals surface area (Å²) in [6.45, 7) is 8.10. The second kappa shape index (κ2) is 4.36. The molecule has 0 heterocycles. The van der Waals surface area contributed by atoms with Crippen molar-refractivity contribution in [3.63, 3.8) is 0 Å². The lowest BCUT2D eigenvalue weighted by Crippen LogP contribution is -2.52. The number of hydrogen-bond donors (Lipinski definition) is 0. The molecule has 102 valence electrons. The molecular weight excluding hydrogens is 228 g/mol. The molecule has 0 spiro atoms. The van der Waals surface area contributed by atoms with Gasteiger partial charge in [-0.2, -0.15) is 0 Å². The molecule has 0 unspecified atom stereocenters. The molecule has 2 rings (SSSR count). The Labute approximate surface area is 109 Å². The van der Waals surface area contributed by atoms with Gasteiger partial charge in [0.05, 0.1) is 0 Å². The molecule has 3 heteroatoms. The molecular formula is C15H24O3. The molecule has 0 aromatic rings. The van der Waals surface area contributed by atoms with Crippen LogP contribution in [0, 0.1) is 16.7 Å². The molecule has 2 fully saturated rings. The normalized spacial score (nSPS) is 39.0. The van der Waals surface area contributed by atoms with Gasteiger partial charge < -0.3 is 4.74 Å². The van der Waals surface area contributed by atoms with Crippen LogP contribution in [0.5, 0.6) is 0 Å². The third kappa shape index (κ3) is 2.45. The first-order valence-electron chi connectivity index (χ1n) is 6.92. The molecule has 3 nitrogen and oxygen atoms in total. The Bertz CT molecular complexity index is 372. The number of rotatable bonds is 1. The molecule has 18 heavy (non-hydrogen) atoms. The van der Waals surface area contributed by atoms with E-state index in [1.807, 2.05) is 0 Å². The molecule has 0 bridgehead atoms. The molecule has 0 N–H and O–H groups in total. The second-order valence-electron chi connectivity index (χ2n) is 7.12. The molecule has 3 atom stereocenters. The smallest absolute Gasteiger partial charge is 0.302 e. The van der Waals surface area contributed by atoms with Gasteiger partial charge in [0.1, 0.15) is 11.9 Å². The highest BCUT2D eigenvalue weighted by Gasteiger charge is 2.53. The van der Waals surface area contributed by atoms with Gasteiger partial charge in [-0.3, -0.25) is 9.59 Å². The van der Waals surface area contributed by atoms with E-state index in [4.69, 9.17) is 4.74 Å². The predicted molar refractivity (Wildman–Crippen MR) is 69.0 cm³/mol. The van der Waals surface area contributed by atoms with E-state index in [1.54, 1.807) is 0 Å². The SMILES string of the molecule is CC(=O)O[C@H]1CC(C)(C)C[C@H]2CC(=O)CC[C@]21C. The van der Waals surface area contributed by atoms with Crippen LogP contribution >= 0.6 is 0 Å². The lowest BCUT2D eigenvalue weighted by molar-refractivity contribution is -0.172. The minimum atomic E-state index is -0.199. The summed E-state index contributed by atoms with van der Waals surface area (Å²) < 4.78 is 5.58. The van der Waals surface area contributed by atoms with Crippen LogP contribution in [0.3, 0.4) is 0 Å². The summed E-state index contributed by atoms with van der Waals surface area (Å²) in [6, 6.07) is 0. The fourth-order valence-corrected chi connectivity index (χ4v) is 3.81. The summed E-state index contributed by atoms with van der Waals surface area (Å²) in [7, 11) is 0. The molecule has 2 aliphatic carbocycles. The van der Waals surface area contributed by atoms with E-state index in [1.165, 1.54) is 6.92 Å². The molecule has 0 radical (unpaired) electrons. The summed E-state index contributed by atoms with van der Waals surface area (Å²) in [6.07, 6.45) is 4.12. The molecule has 2 saturated carbocycles. The van der Waals surface area contributed by atoms with Gasteiger partial charge >= 0.3 is 5.97 Å². The van der Waals surface area contributed by atoms with Crippen LogP contribution in [0.15, 0.2) is 0 Å². The van der Waals surface area contributed by atoms with Crippen molar-refractivity contribution in [1.29, 1.82) is 0 Å². The minimum Gasteiger partial charge on any atom is -0.462 e. The Morgan fingerprint density at radius 2 is 1.94 bits per heavy atom. The van der Waals surface area contributed by atoms with Crippen molar-refractivity contribution in [1.82, 2.24) is 0 Å². The van der Waals surface area contributed by atoms with Crippen LogP contribution in [-0.4, -0.2) is 17.9 Å². The Morgan fingerprint density at radius 1 is 1.28 bits per heavy atom. The highest BCUT2D eigenvalue weighted by Crippen LogP contribution is 2.55. The summed E-state index contributed by atoms with van der Waals surface area (Å²) in [5.41, 5.74) is 0.150. The Hall–Kier alpha value is -0.860. The number of ketones is 1.